The fourth-order valence-corrected chi connectivity index (χ4v) is 1.77. The quantitative estimate of drug-likeness (QED) is 0.287. The zero-order valence-electron chi connectivity index (χ0n) is 12.4. The van der Waals surface area contributed by atoms with Crippen LogP contribution in [0.2, 0.25) is 0 Å². The van der Waals surface area contributed by atoms with Crippen LogP contribution in [0.1, 0.15) is 85.0 Å². The molecule has 0 aliphatic heterocycles. The number of hydrogen-bond acceptors (Lipinski definition) is 3. The Labute approximate surface area is 112 Å². The van der Waals surface area contributed by atoms with Crippen molar-refractivity contribution in [2.45, 2.75) is 91.1 Å². The Hall–Kier alpha value is -0.570. The van der Waals surface area contributed by atoms with E-state index in [-0.39, 0.29) is 12.1 Å². The third kappa shape index (κ3) is 13.5. The first kappa shape index (κ1) is 17.4. The molecule has 0 bridgehead atoms. The first-order chi connectivity index (χ1) is 8.66. The zero-order valence-corrected chi connectivity index (χ0v) is 12.4. The molecule has 108 valence electrons. The molecule has 0 atom stereocenters. The molecule has 0 radical (unpaired) electrons. The van der Waals surface area contributed by atoms with Crippen LogP contribution in [-0.4, -0.2) is 12.1 Å². The van der Waals surface area contributed by atoms with Gasteiger partial charge in [-0.05, 0) is 20.3 Å². The Morgan fingerprint density at radius 2 is 1.39 bits per heavy atom. The summed E-state index contributed by atoms with van der Waals surface area (Å²) >= 11 is 0. The molecule has 0 N–H and O–H groups in total. The predicted octanol–water partition coefficient (Wildman–Crippen LogP) is 4.79. The summed E-state index contributed by atoms with van der Waals surface area (Å²) < 4.78 is 0. The lowest BCUT2D eigenvalue weighted by Crippen LogP contribution is -2.10. The summed E-state index contributed by atoms with van der Waals surface area (Å²) in [5.74, 6) is -0.244. The molecule has 0 fully saturated rings. The molecule has 0 aliphatic rings. The first-order valence-corrected chi connectivity index (χ1v) is 7.53. The SMILES string of the molecule is CCCCCCCCCCCC(=O)OOC(C)C. The van der Waals surface area contributed by atoms with Crippen LogP contribution in [0, 0.1) is 0 Å². The number of rotatable bonds is 12. The van der Waals surface area contributed by atoms with Gasteiger partial charge in [-0.3, -0.25) is 4.89 Å². The molecular weight excluding hydrogens is 228 g/mol. The van der Waals surface area contributed by atoms with Gasteiger partial charge in [-0.2, -0.15) is 4.89 Å². The van der Waals surface area contributed by atoms with Crippen LogP contribution in [0.25, 0.3) is 0 Å². The molecule has 18 heavy (non-hydrogen) atoms. The second-order valence-corrected chi connectivity index (χ2v) is 5.18. The maximum absolute atomic E-state index is 11.2. The third-order valence-electron chi connectivity index (χ3n) is 2.82. The zero-order chi connectivity index (χ0) is 13.6. The second-order valence-electron chi connectivity index (χ2n) is 5.18. The fourth-order valence-electron chi connectivity index (χ4n) is 1.77. The van der Waals surface area contributed by atoms with E-state index in [1.54, 1.807) is 0 Å². The summed E-state index contributed by atoms with van der Waals surface area (Å²) in [4.78, 5) is 20.6. The highest BCUT2D eigenvalue weighted by Crippen LogP contribution is 2.10. The van der Waals surface area contributed by atoms with Crippen LogP contribution < -0.4 is 0 Å². The molecule has 0 spiro atoms. The Morgan fingerprint density at radius 1 is 0.889 bits per heavy atom. The van der Waals surface area contributed by atoms with Crippen LogP contribution in [-0.2, 0) is 14.6 Å². The fraction of sp³-hybridized carbons (Fsp3) is 0.933. The predicted molar refractivity (Wildman–Crippen MR) is 74.2 cm³/mol. The van der Waals surface area contributed by atoms with E-state index in [2.05, 4.69) is 11.8 Å². The third-order valence-corrected chi connectivity index (χ3v) is 2.82. The summed E-state index contributed by atoms with van der Waals surface area (Å²) in [6.45, 7) is 5.92. The van der Waals surface area contributed by atoms with Gasteiger partial charge in [-0.15, -0.1) is 0 Å². The van der Waals surface area contributed by atoms with Crippen molar-refractivity contribution in [1.29, 1.82) is 0 Å². The van der Waals surface area contributed by atoms with Crippen LogP contribution >= 0.6 is 0 Å². The summed E-state index contributed by atoms with van der Waals surface area (Å²) in [6, 6.07) is 0. The van der Waals surface area contributed by atoms with Gasteiger partial charge in [0.15, 0.2) is 0 Å². The van der Waals surface area contributed by atoms with Crippen LogP contribution in [0.4, 0.5) is 0 Å². The molecule has 0 amide bonds. The van der Waals surface area contributed by atoms with Gasteiger partial charge in [0, 0.05) is 6.42 Å². The van der Waals surface area contributed by atoms with E-state index in [0.717, 1.165) is 12.8 Å². The van der Waals surface area contributed by atoms with Crippen molar-refractivity contribution in [1.82, 2.24) is 0 Å². The molecule has 0 saturated heterocycles. The van der Waals surface area contributed by atoms with E-state index in [0.29, 0.717) is 6.42 Å². The van der Waals surface area contributed by atoms with E-state index in [4.69, 9.17) is 4.89 Å². The molecular formula is C15H30O3. The summed E-state index contributed by atoms with van der Waals surface area (Å²) in [6.07, 6.45) is 11.7. The molecule has 0 aliphatic carbocycles. The van der Waals surface area contributed by atoms with Crippen LogP contribution in [0.15, 0.2) is 0 Å². The van der Waals surface area contributed by atoms with Gasteiger partial charge in [-0.25, -0.2) is 4.79 Å². The number of carbonyl (C=O) groups is 1. The highest BCUT2D eigenvalue weighted by Gasteiger charge is 2.05. The van der Waals surface area contributed by atoms with Gasteiger partial charge in [0.2, 0.25) is 0 Å². The largest absolute Gasteiger partial charge is 0.342 e. The van der Waals surface area contributed by atoms with E-state index >= 15 is 0 Å². The second kappa shape index (κ2) is 12.9. The van der Waals surface area contributed by atoms with Gasteiger partial charge >= 0.3 is 5.97 Å². The summed E-state index contributed by atoms with van der Waals surface area (Å²) in [5, 5.41) is 0. The van der Waals surface area contributed by atoms with Crippen LogP contribution in [0.3, 0.4) is 0 Å². The smallest absolute Gasteiger partial charge is 0.298 e. The van der Waals surface area contributed by atoms with Crippen molar-refractivity contribution in [2.24, 2.45) is 0 Å². The van der Waals surface area contributed by atoms with E-state index in [9.17, 15) is 4.79 Å². The summed E-state index contributed by atoms with van der Waals surface area (Å²) in [7, 11) is 0. The van der Waals surface area contributed by atoms with Crippen molar-refractivity contribution in [3.63, 3.8) is 0 Å². The van der Waals surface area contributed by atoms with Crippen LogP contribution in [0.5, 0.6) is 0 Å². The molecule has 0 heterocycles. The van der Waals surface area contributed by atoms with Gasteiger partial charge in [0.05, 0.1) is 6.10 Å². The molecule has 3 nitrogen and oxygen atoms in total. The van der Waals surface area contributed by atoms with E-state index in [1.165, 1.54) is 44.9 Å². The van der Waals surface area contributed by atoms with Crippen molar-refractivity contribution in [3.05, 3.63) is 0 Å². The Balaban J connectivity index is 3.12. The minimum Gasteiger partial charge on any atom is -0.298 e. The number of unbranched alkanes of at least 4 members (excludes halogenated alkanes) is 8. The van der Waals surface area contributed by atoms with Crippen molar-refractivity contribution in [3.8, 4) is 0 Å². The highest BCUT2D eigenvalue weighted by atomic mass is 17.2. The average Bonchev–Trinajstić information content (AvgIpc) is 2.34. The highest BCUT2D eigenvalue weighted by molar-refractivity contribution is 5.68. The Kier molecular flexibility index (Phi) is 12.5. The van der Waals surface area contributed by atoms with Gasteiger partial charge in [0.25, 0.3) is 0 Å². The number of hydrogen-bond donors (Lipinski definition) is 0. The van der Waals surface area contributed by atoms with Gasteiger partial charge in [-0.1, -0.05) is 58.3 Å². The maximum Gasteiger partial charge on any atom is 0.342 e. The van der Waals surface area contributed by atoms with E-state index in [1.807, 2.05) is 13.8 Å². The Bertz CT molecular complexity index is 190. The summed E-state index contributed by atoms with van der Waals surface area (Å²) in [5.41, 5.74) is 0. The topological polar surface area (TPSA) is 35.5 Å². The van der Waals surface area contributed by atoms with Gasteiger partial charge in [0.1, 0.15) is 0 Å². The molecule has 0 unspecified atom stereocenters. The monoisotopic (exact) mass is 258 g/mol. The molecule has 0 aromatic rings. The van der Waals surface area contributed by atoms with Crippen molar-refractivity contribution in [2.75, 3.05) is 0 Å². The lowest BCUT2D eigenvalue weighted by molar-refractivity contribution is -0.291. The van der Waals surface area contributed by atoms with E-state index < -0.39 is 0 Å². The molecule has 3 heteroatoms. The lowest BCUT2D eigenvalue weighted by atomic mass is 10.1. The normalized spacial score (nSPS) is 10.9. The van der Waals surface area contributed by atoms with Crippen molar-refractivity contribution >= 4 is 5.97 Å². The molecule has 0 aromatic heterocycles. The molecule has 0 aromatic carbocycles. The molecule has 0 saturated carbocycles. The standard InChI is InChI=1S/C15H30O3/c1-4-5-6-7-8-9-10-11-12-13-15(16)18-17-14(2)3/h14H,4-13H2,1-3H3. The average molecular weight is 258 g/mol. The minimum atomic E-state index is -0.244. The lowest BCUT2D eigenvalue weighted by Gasteiger charge is -2.05. The minimum absolute atomic E-state index is 0.0583. The van der Waals surface area contributed by atoms with Crippen molar-refractivity contribution < 1.29 is 14.6 Å². The molecule has 0 rings (SSSR count). The first-order valence-electron chi connectivity index (χ1n) is 7.53. The maximum atomic E-state index is 11.2. The Morgan fingerprint density at radius 3 is 1.89 bits per heavy atom. The van der Waals surface area contributed by atoms with Gasteiger partial charge < -0.3 is 0 Å². The number of carbonyl (C=O) groups excluding carboxylic acids is 1.